The van der Waals surface area contributed by atoms with Crippen molar-refractivity contribution in [2.75, 3.05) is 14.2 Å². The van der Waals surface area contributed by atoms with E-state index < -0.39 is 11.9 Å². The summed E-state index contributed by atoms with van der Waals surface area (Å²) in [5.74, 6) is -0.270. The second kappa shape index (κ2) is 8.55. The van der Waals surface area contributed by atoms with E-state index in [0.29, 0.717) is 43.7 Å². The lowest BCUT2D eigenvalue weighted by Gasteiger charge is -2.16. The standard InChI is InChI=1S/C19H25NO5/c1-4-5-13-8-12(9-16(24-2)17(13)25-3)11-20-18(21)14-6-7-15(10-14)19(22)23/h4,8-9,14-15H,1,5-7,10-11H2,2-3H3,(H,20,21)(H,22,23)/t14-,15+/m1/s1. The molecule has 6 heteroatoms. The van der Waals surface area contributed by atoms with E-state index in [1.807, 2.05) is 12.1 Å². The minimum atomic E-state index is -0.816. The van der Waals surface area contributed by atoms with E-state index >= 15 is 0 Å². The maximum atomic E-state index is 12.3. The number of carboxylic acids is 1. The Balaban J connectivity index is 2.05. The molecule has 1 amide bonds. The third-order valence-electron chi connectivity index (χ3n) is 4.60. The number of benzene rings is 1. The first kappa shape index (κ1) is 18.8. The lowest BCUT2D eigenvalue weighted by atomic mass is 10.0. The van der Waals surface area contributed by atoms with Crippen LogP contribution in [-0.4, -0.2) is 31.2 Å². The van der Waals surface area contributed by atoms with Gasteiger partial charge in [0.1, 0.15) is 0 Å². The predicted molar refractivity (Wildman–Crippen MR) is 93.8 cm³/mol. The molecule has 0 aliphatic heterocycles. The summed E-state index contributed by atoms with van der Waals surface area (Å²) in [6, 6.07) is 3.79. The van der Waals surface area contributed by atoms with Crippen molar-refractivity contribution in [3.05, 3.63) is 35.9 Å². The average Bonchev–Trinajstić information content (AvgIpc) is 3.10. The van der Waals surface area contributed by atoms with Crippen molar-refractivity contribution in [1.82, 2.24) is 5.32 Å². The molecule has 1 saturated carbocycles. The van der Waals surface area contributed by atoms with Crippen LogP contribution in [0.25, 0.3) is 0 Å². The number of carboxylic acid groups (broad SMARTS) is 1. The molecule has 1 fully saturated rings. The minimum Gasteiger partial charge on any atom is -0.493 e. The van der Waals surface area contributed by atoms with Gasteiger partial charge in [-0.25, -0.2) is 0 Å². The van der Waals surface area contributed by atoms with Crippen LogP contribution in [0, 0.1) is 11.8 Å². The van der Waals surface area contributed by atoms with Crippen molar-refractivity contribution in [1.29, 1.82) is 0 Å². The zero-order valence-corrected chi connectivity index (χ0v) is 14.7. The van der Waals surface area contributed by atoms with Crippen LogP contribution in [0.4, 0.5) is 0 Å². The van der Waals surface area contributed by atoms with Crippen molar-refractivity contribution in [3.8, 4) is 11.5 Å². The molecule has 1 aromatic rings. The highest BCUT2D eigenvalue weighted by atomic mass is 16.5. The summed E-state index contributed by atoms with van der Waals surface area (Å²) in [5.41, 5.74) is 1.84. The van der Waals surface area contributed by atoms with Gasteiger partial charge >= 0.3 is 5.97 Å². The summed E-state index contributed by atoms with van der Waals surface area (Å²) in [6.07, 6.45) is 4.01. The van der Waals surface area contributed by atoms with Crippen LogP contribution in [0.15, 0.2) is 24.8 Å². The van der Waals surface area contributed by atoms with Crippen LogP contribution in [0.2, 0.25) is 0 Å². The number of amides is 1. The molecule has 0 unspecified atom stereocenters. The van der Waals surface area contributed by atoms with E-state index in [-0.39, 0.29) is 11.8 Å². The Bertz CT molecular complexity index is 655. The molecule has 6 nitrogen and oxygen atoms in total. The Hall–Kier alpha value is -2.50. The smallest absolute Gasteiger partial charge is 0.306 e. The fourth-order valence-electron chi connectivity index (χ4n) is 3.29. The van der Waals surface area contributed by atoms with Gasteiger partial charge < -0.3 is 19.9 Å². The third kappa shape index (κ3) is 4.53. The fraction of sp³-hybridized carbons (Fsp3) is 0.474. The number of rotatable bonds is 8. The van der Waals surface area contributed by atoms with E-state index in [1.165, 1.54) is 0 Å². The van der Waals surface area contributed by atoms with Crippen LogP contribution in [0.1, 0.15) is 30.4 Å². The first-order valence-electron chi connectivity index (χ1n) is 8.35. The largest absolute Gasteiger partial charge is 0.493 e. The summed E-state index contributed by atoms with van der Waals surface area (Å²) < 4.78 is 10.8. The van der Waals surface area contributed by atoms with Gasteiger partial charge in [0.25, 0.3) is 0 Å². The molecule has 0 aromatic heterocycles. The highest BCUT2D eigenvalue weighted by Crippen LogP contribution is 2.34. The van der Waals surface area contributed by atoms with Crippen molar-refractivity contribution < 1.29 is 24.2 Å². The van der Waals surface area contributed by atoms with Gasteiger partial charge in [-0.1, -0.05) is 6.08 Å². The third-order valence-corrected chi connectivity index (χ3v) is 4.60. The summed E-state index contributed by atoms with van der Waals surface area (Å²) in [6.45, 7) is 4.11. The molecule has 1 aromatic carbocycles. The predicted octanol–water partition coefficient (Wildman–Crippen LogP) is 2.55. The molecule has 1 aliphatic carbocycles. The van der Waals surface area contributed by atoms with E-state index in [0.717, 1.165) is 11.1 Å². The number of hydrogen-bond donors (Lipinski definition) is 2. The van der Waals surface area contributed by atoms with Gasteiger partial charge in [-0.3, -0.25) is 9.59 Å². The lowest BCUT2D eigenvalue weighted by molar-refractivity contribution is -0.141. The molecule has 0 spiro atoms. The molecule has 25 heavy (non-hydrogen) atoms. The molecule has 1 aliphatic rings. The Morgan fingerprint density at radius 3 is 2.56 bits per heavy atom. The topological polar surface area (TPSA) is 84.9 Å². The molecule has 0 bridgehead atoms. The number of ether oxygens (including phenoxy) is 2. The first-order valence-corrected chi connectivity index (χ1v) is 8.35. The molecular weight excluding hydrogens is 322 g/mol. The maximum Gasteiger partial charge on any atom is 0.306 e. The Kier molecular flexibility index (Phi) is 6.44. The van der Waals surface area contributed by atoms with Gasteiger partial charge in [-0.2, -0.15) is 0 Å². The molecule has 2 atom stereocenters. The Labute approximate surface area is 147 Å². The van der Waals surface area contributed by atoms with Crippen molar-refractivity contribution in [2.45, 2.75) is 32.2 Å². The average molecular weight is 347 g/mol. The summed E-state index contributed by atoms with van der Waals surface area (Å²) in [7, 11) is 3.16. The van der Waals surface area contributed by atoms with Gasteiger partial charge in [0, 0.05) is 18.0 Å². The van der Waals surface area contributed by atoms with Gasteiger partial charge in [-0.15, -0.1) is 6.58 Å². The first-order chi connectivity index (χ1) is 12.0. The van der Waals surface area contributed by atoms with Crippen LogP contribution >= 0.6 is 0 Å². The summed E-state index contributed by atoms with van der Waals surface area (Å²) in [5, 5.41) is 11.9. The molecule has 2 rings (SSSR count). The van der Waals surface area contributed by atoms with Gasteiger partial charge in [-0.05, 0) is 43.4 Å². The number of allylic oxidation sites excluding steroid dienone is 1. The number of hydrogen-bond acceptors (Lipinski definition) is 4. The number of carbonyl (C=O) groups excluding carboxylic acids is 1. The summed E-state index contributed by atoms with van der Waals surface area (Å²) >= 11 is 0. The van der Waals surface area contributed by atoms with Crippen molar-refractivity contribution >= 4 is 11.9 Å². The Morgan fingerprint density at radius 1 is 1.28 bits per heavy atom. The summed E-state index contributed by atoms with van der Waals surface area (Å²) in [4.78, 5) is 23.3. The number of nitrogens with one attached hydrogen (secondary N) is 1. The quantitative estimate of drug-likeness (QED) is 0.706. The number of carbonyl (C=O) groups is 2. The minimum absolute atomic E-state index is 0.0937. The van der Waals surface area contributed by atoms with Gasteiger partial charge in [0.2, 0.25) is 5.91 Å². The van der Waals surface area contributed by atoms with Crippen LogP contribution < -0.4 is 14.8 Å². The van der Waals surface area contributed by atoms with Gasteiger partial charge in [0.05, 0.1) is 20.1 Å². The molecule has 2 N–H and O–H groups in total. The fourth-order valence-corrected chi connectivity index (χ4v) is 3.29. The number of aliphatic carboxylic acids is 1. The van der Waals surface area contributed by atoms with Crippen LogP contribution in [0.5, 0.6) is 11.5 Å². The SMILES string of the molecule is C=CCc1cc(CNC(=O)[C@@H]2CC[C@H](C(=O)O)C2)cc(OC)c1OC. The molecule has 136 valence electrons. The van der Waals surface area contributed by atoms with Crippen molar-refractivity contribution in [3.63, 3.8) is 0 Å². The van der Waals surface area contributed by atoms with Gasteiger partial charge in [0.15, 0.2) is 11.5 Å². The highest BCUT2D eigenvalue weighted by molar-refractivity contribution is 5.80. The van der Waals surface area contributed by atoms with E-state index in [9.17, 15) is 9.59 Å². The van der Waals surface area contributed by atoms with Crippen LogP contribution in [-0.2, 0) is 22.6 Å². The lowest BCUT2D eigenvalue weighted by Crippen LogP contribution is -2.29. The monoisotopic (exact) mass is 347 g/mol. The van der Waals surface area contributed by atoms with E-state index in [1.54, 1.807) is 20.3 Å². The molecular formula is C19H25NO5. The Morgan fingerprint density at radius 2 is 2.00 bits per heavy atom. The van der Waals surface area contributed by atoms with Crippen molar-refractivity contribution in [2.24, 2.45) is 11.8 Å². The zero-order chi connectivity index (χ0) is 18.4. The van der Waals surface area contributed by atoms with E-state index in [2.05, 4.69) is 11.9 Å². The number of methoxy groups -OCH3 is 2. The van der Waals surface area contributed by atoms with E-state index in [4.69, 9.17) is 14.6 Å². The normalized spacial score (nSPS) is 19.3. The highest BCUT2D eigenvalue weighted by Gasteiger charge is 2.33. The maximum absolute atomic E-state index is 12.3. The molecule has 0 heterocycles. The second-order valence-corrected chi connectivity index (χ2v) is 6.25. The molecule has 0 saturated heterocycles. The zero-order valence-electron chi connectivity index (χ0n) is 14.7. The second-order valence-electron chi connectivity index (χ2n) is 6.25. The molecule has 0 radical (unpaired) electrons. The van der Waals surface area contributed by atoms with Crippen LogP contribution in [0.3, 0.4) is 0 Å².